The third-order valence-electron chi connectivity index (χ3n) is 7.45. The lowest BCUT2D eigenvalue weighted by atomic mass is 9.99. The molecule has 13 nitrogen and oxygen atoms in total. The van der Waals surface area contributed by atoms with Crippen LogP contribution in [0.5, 0.6) is 11.6 Å². The molecule has 14 heteroatoms. The number of aryl methyl sites for hydroxylation is 2. The van der Waals surface area contributed by atoms with Gasteiger partial charge < -0.3 is 15.2 Å². The van der Waals surface area contributed by atoms with Crippen molar-refractivity contribution in [3.63, 3.8) is 0 Å². The molecular formula is C31H25FN6O7. The summed E-state index contributed by atoms with van der Waals surface area (Å²) >= 11 is 0. The molecule has 1 unspecified atom stereocenters. The molecule has 0 fully saturated rings. The third-order valence-corrected chi connectivity index (χ3v) is 7.45. The molecule has 45 heavy (non-hydrogen) atoms. The van der Waals surface area contributed by atoms with E-state index in [0.29, 0.717) is 11.4 Å². The standard InChI is InChI=1S/C31H25FN6O7/c1-4-44-31(41)25-26(36-28(39)22-14-11-20(38(42)43)15-23(22)29(40)37(36)27(25)33)24-17(3)34-35(19-9-5-16(2)6-10-19)30(24)45-21-12-7-18(32)8-13-21/h5-15,26H,4,33H2,1-3H3. The van der Waals surface area contributed by atoms with Gasteiger partial charge in [0, 0.05) is 12.1 Å². The van der Waals surface area contributed by atoms with Crippen molar-refractivity contribution in [3.8, 4) is 17.3 Å². The second-order valence-electron chi connectivity index (χ2n) is 10.3. The number of nitro groups is 1. The van der Waals surface area contributed by atoms with Crippen LogP contribution in [0.15, 0.2) is 81.9 Å². The molecule has 0 radical (unpaired) electrons. The van der Waals surface area contributed by atoms with Crippen molar-refractivity contribution < 1.29 is 23.6 Å². The number of esters is 1. The number of aromatic nitrogens is 4. The summed E-state index contributed by atoms with van der Waals surface area (Å²) in [6.45, 7) is 5.09. The van der Waals surface area contributed by atoms with Gasteiger partial charge in [0.05, 0.1) is 39.2 Å². The van der Waals surface area contributed by atoms with Gasteiger partial charge in [0.25, 0.3) is 16.8 Å². The maximum absolute atomic E-state index is 14.1. The van der Waals surface area contributed by atoms with Crippen LogP contribution in [-0.4, -0.2) is 36.6 Å². The van der Waals surface area contributed by atoms with E-state index < -0.39 is 45.4 Å². The predicted molar refractivity (Wildman–Crippen MR) is 161 cm³/mol. The minimum atomic E-state index is -1.38. The summed E-state index contributed by atoms with van der Waals surface area (Å²) in [5.41, 5.74) is 6.23. The van der Waals surface area contributed by atoms with E-state index in [0.717, 1.165) is 27.1 Å². The molecule has 0 amide bonds. The molecule has 0 aliphatic carbocycles. The Bertz CT molecular complexity index is 2180. The van der Waals surface area contributed by atoms with Crippen molar-refractivity contribution >= 4 is 28.3 Å². The first-order valence-corrected chi connectivity index (χ1v) is 13.7. The third kappa shape index (κ3) is 4.72. The van der Waals surface area contributed by atoms with Gasteiger partial charge in [-0.3, -0.25) is 19.7 Å². The Morgan fingerprint density at radius 3 is 2.36 bits per heavy atom. The van der Waals surface area contributed by atoms with Crippen LogP contribution in [0.4, 0.5) is 10.1 Å². The molecule has 3 heterocycles. The normalized spacial score (nSPS) is 14.1. The largest absolute Gasteiger partial charge is 0.462 e. The Balaban J connectivity index is 1.69. The van der Waals surface area contributed by atoms with Gasteiger partial charge in [0.1, 0.15) is 29.0 Å². The van der Waals surface area contributed by atoms with E-state index in [9.17, 15) is 28.9 Å². The fourth-order valence-electron chi connectivity index (χ4n) is 5.37. The average Bonchev–Trinajstić information content (AvgIpc) is 3.50. The molecule has 2 aromatic heterocycles. The first-order chi connectivity index (χ1) is 21.5. The van der Waals surface area contributed by atoms with Crippen LogP contribution in [0.3, 0.4) is 0 Å². The molecule has 1 aliphatic heterocycles. The minimum Gasteiger partial charge on any atom is -0.462 e. The number of fused-ring (bicyclic) bond motifs is 2. The number of carbonyl (C=O) groups is 1. The topological polar surface area (TPSA) is 167 Å². The number of hydrogen-bond acceptors (Lipinski definition) is 9. The highest BCUT2D eigenvalue weighted by Gasteiger charge is 2.43. The molecule has 0 bridgehead atoms. The van der Waals surface area contributed by atoms with Crippen LogP contribution in [0, 0.1) is 29.8 Å². The average molecular weight is 613 g/mol. The van der Waals surface area contributed by atoms with Crippen molar-refractivity contribution in [2.75, 3.05) is 6.61 Å². The highest BCUT2D eigenvalue weighted by molar-refractivity contribution is 5.97. The van der Waals surface area contributed by atoms with Gasteiger partial charge in [0.15, 0.2) is 0 Å². The van der Waals surface area contributed by atoms with Crippen LogP contribution in [0.25, 0.3) is 22.3 Å². The number of halogens is 1. The monoisotopic (exact) mass is 612 g/mol. The molecule has 5 aromatic rings. The lowest BCUT2D eigenvalue weighted by Gasteiger charge is -2.19. The van der Waals surface area contributed by atoms with E-state index in [4.69, 9.17) is 15.2 Å². The Labute approximate surface area is 253 Å². The maximum atomic E-state index is 14.1. The Morgan fingerprint density at radius 2 is 1.71 bits per heavy atom. The smallest absolute Gasteiger partial charge is 0.340 e. The van der Waals surface area contributed by atoms with Crippen LogP contribution >= 0.6 is 0 Å². The first kappa shape index (κ1) is 29.0. The molecule has 0 saturated carbocycles. The molecule has 2 N–H and O–H groups in total. The van der Waals surface area contributed by atoms with Gasteiger partial charge in [-0.1, -0.05) is 17.7 Å². The molecule has 6 rings (SSSR count). The zero-order chi connectivity index (χ0) is 32.2. The Kier molecular flexibility index (Phi) is 7.03. The summed E-state index contributed by atoms with van der Waals surface area (Å²) in [4.78, 5) is 52.2. The highest BCUT2D eigenvalue weighted by Crippen LogP contribution is 2.42. The molecule has 3 aromatic carbocycles. The number of non-ortho nitro benzene ring substituents is 1. The van der Waals surface area contributed by atoms with Gasteiger partial charge in [-0.25, -0.2) is 18.5 Å². The Hall–Kier alpha value is -6.05. The van der Waals surface area contributed by atoms with Crippen molar-refractivity contribution in [2.24, 2.45) is 5.73 Å². The number of benzene rings is 3. The zero-order valence-corrected chi connectivity index (χ0v) is 24.2. The summed E-state index contributed by atoms with van der Waals surface area (Å²) in [5, 5.41) is 15.7. The van der Waals surface area contributed by atoms with Gasteiger partial charge in [-0.2, -0.15) is 9.78 Å². The Morgan fingerprint density at radius 1 is 1.02 bits per heavy atom. The molecule has 0 saturated heterocycles. The molecule has 228 valence electrons. The molecular weight excluding hydrogens is 587 g/mol. The lowest BCUT2D eigenvalue weighted by molar-refractivity contribution is -0.384. The number of nitrogens with zero attached hydrogens (tertiary/aromatic N) is 5. The molecule has 0 spiro atoms. The number of carbonyl (C=O) groups excluding carboxylic acids is 1. The number of rotatable bonds is 7. The van der Waals surface area contributed by atoms with E-state index in [2.05, 4.69) is 5.10 Å². The summed E-state index contributed by atoms with van der Waals surface area (Å²) in [7, 11) is 0. The van der Waals surface area contributed by atoms with Crippen molar-refractivity contribution in [1.29, 1.82) is 0 Å². The van der Waals surface area contributed by atoms with Crippen molar-refractivity contribution in [3.05, 3.63) is 126 Å². The van der Waals surface area contributed by atoms with Gasteiger partial charge in [-0.05, 0) is 63.2 Å². The quantitative estimate of drug-likeness (QED) is 0.162. The van der Waals surface area contributed by atoms with Gasteiger partial charge >= 0.3 is 5.97 Å². The second kappa shape index (κ2) is 10.9. The van der Waals surface area contributed by atoms with E-state index in [-0.39, 0.29) is 40.1 Å². The van der Waals surface area contributed by atoms with Gasteiger partial charge in [0.2, 0.25) is 5.88 Å². The fourth-order valence-corrected chi connectivity index (χ4v) is 5.37. The summed E-state index contributed by atoms with van der Waals surface area (Å²) in [6, 6.07) is 14.4. The van der Waals surface area contributed by atoms with Crippen molar-refractivity contribution in [2.45, 2.75) is 26.8 Å². The van der Waals surface area contributed by atoms with E-state index in [1.54, 1.807) is 26.0 Å². The van der Waals surface area contributed by atoms with Crippen LogP contribution in [0.1, 0.15) is 29.8 Å². The molecule has 1 aliphatic rings. The number of hydrogen-bond donors (Lipinski definition) is 1. The minimum absolute atomic E-state index is 0.0445. The van der Waals surface area contributed by atoms with E-state index in [1.165, 1.54) is 35.0 Å². The lowest BCUT2D eigenvalue weighted by Crippen LogP contribution is -2.38. The van der Waals surface area contributed by atoms with Crippen LogP contribution in [-0.2, 0) is 9.53 Å². The van der Waals surface area contributed by atoms with Crippen LogP contribution < -0.4 is 21.6 Å². The summed E-state index contributed by atoms with van der Waals surface area (Å²) < 4.78 is 28.7. The van der Waals surface area contributed by atoms with E-state index in [1.807, 2.05) is 19.1 Å². The predicted octanol–water partition coefficient (Wildman–Crippen LogP) is 4.10. The summed E-state index contributed by atoms with van der Waals surface area (Å²) in [6.07, 6.45) is 0. The molecule has 1 atom stereocenters. The second-order valence-corrected chi connectivity index (χ2v) is 10.3. The fraction of sp³-hybridized carbons (Fsp3) is 0.161. The number of ether oxygens (including phenoxy) is 2. The SMILES string of the molecule is CCOC(=O)C1=C(N)n2c(=O)c3cc([N+](=O)[O-])ccc3c(=O)n2C1c1c(C)nn(-c2ccc(C)cc2)c1Oc1ccc(F)cc1. The van der Waals surface area contributed by atoms with E-state index >= 15 is 0 Å². The van der Waals surface area contributed by atoms with Crippen LogP contribution in [0.2, 0.25) is 0 Å². The summed E-state index contributed by atoms with van der Waals surface area (Å²) in [5.74, 6) is -1.52. The van der Waals surface area contributed by atoms with Crippen molar-refractivity contribution in [1.82, 2.24) is 19.1 Å². The zero-order valence-electron chi connectivity index (χ0n) is 24.2. The maximum Gasteiger partial charge on any atom is 0.340 e. The first-order valence-electron chi connectivity index (χ1n) is 13.7. The van der Waals surface area contributed by atoms with Gasteiger partial charge in [-0.15, -0.1) is 0 Å². The number of nitrogens with two attached hydrogens (primary N) is 1. The highest BCUT2D eigenvalue weighted by atomic mass is 19.1. The number of nitro benzene ring substituents is 1.